The number of nitrogens with zero attached hydrogens (tertiary/aromatic N) is 5. The number of nitrogens with one attached hydrogen (secondary N) is 3. The molecule has 0 saturated carbocycles. The Bertz CT molecular complexity index is 2570. The molecule has 2 aromatic heterocycles. The number of amides is 4. The Morgan fingerprint density at radius 1 is 1.04 bits per heavy atom. The number of benzene rings is 2. The van der Waals surface area contributed by atoms with Crippen molar-refractivity contribution in [3.8, 4) is 28.1 Å². The molecule has 4 aliphatic rings. The van der Waals surface area contributed by atoms with E-state index < -0.39 is 47.2 Å². The van der Waals surface area contributed by atoms with Crippen LogP contribution in [-0.4, -0.2) is 130 Å². The van der Waals surface area contributed by atoms with Gasteiger partial charge in [0, 0.05) is 81.4 Å². The fraction of sp³-hybridized carbons (Fsp3) is 0.538. The normalized spacial score (nSPS) is 22.8. The summed E-state index contributed by atoms with van der Waals surface area (Å²) in [6.45, 7) is 14.5. The van der Waals surface area contributed by atoms with Gasteiger partial charge in [0.05, 0.1) is 36.1 Å². The Morgan fingerprint density at radius 3 is 2.53 bits per heavy atom. The first-order valence-corrected chi connectivity index (χ1v) is 24.3. The summed E-state index contributed by atoms with van der Waals surface area (Å²) >= 11 is 0. The summed E-state index contributed by atoms with van der Waals surface area (Å²) in [5.41, 5.74) is 9.58. The molecule has 0 spiro atoms. The van der Waals surface area contributed by atoms with Crippen molar-refractivity contribution in [1.29, 1.82) is 0 Å². The number of fused-ring (bicyclic) bond motifs is 6. The number of ether oxygens (including phenoxy) is 2. The van der Waals surface area contributed by atoms with Crippen molar-refractivity contribution < 1.29 is 38.6 Å². The molecule has 6 atom stereocenters. The SMILES string of the molecule is CCn1c(-c2cccnc2[C@H](C)OC)c2c3cc(ccc31)-c1cc(O)cc(c1)C[C@H](NC(=O)[C@H](C(C)C)N(C)C(=O)[C@H]1CCCN(C(=O)[C@H]3CN3)C1)C(=O)N1CCC[C@H](N1)C(=O)OCC(C)(C)C2. The lowest BCUT2D eigenvalue weighted by Gasteiger charge is -2.38. The van der Waals surface area contributed by atoms with E-state index in [0.717, 1.165) is 44.5 Å². The molecule has 8 rings (SSSR count). The van der Waals surface area contributed by atoms with Crippen molar-refractivity contribution in [2.24, 2.45) is 17.3 Å². The average molecular weight is 933 g/mol. The van der Waals surface area contributed by atoms with Gasteiger partial charge in [-0.15, -0.1) is 0 Å². The van der Waals surface area contributed by atoms with Gasteiger partial charge in [-0.25, -0.2) is 5.43 Å². The molecule has 16 nitrogen and oxygen atoms in total. The summed E-state index contributed by atoms with van der Waals surface area (Å²) in [4.78, 5) is 78.5. The summed E-state index contributed by atoms with van der Waals surface area (Å²) in [6.07, 6.45) is 4.26. The molecule has 3 saturated heterocycles. The maximum Gasteiger partial charge on any atom is 0.324 e. The van der Waals surface area contributed by atoms with Crippen LogP contribution in [0.4, 0.5) is 0 Å². The highest BCUT2D eigenvalue weighted by Gasteiger charge is 2.41. The molecular weight excluding hydrogens is 865 g/mol. The molecule has 4 aliphatic heterocycles. The van der Waals surface area contributed by atoms with Crippen LogP contribution < -0.4 is 16.1 Å². The third-order valence-electron chi connectivity index (χ3n) is 14.1. The number of likely N-dealkylation sites (tertiary alicyclic amines) is 1. The quantitative estimate of drug-likeness (QED) is 0.121. The van der Waals surface area contributed by atoms with E-state index in [9.17, 15) is 29.1 Å². The summed E-state index contributed by atoms with van der Waals surface area (Å²) in [7, 11) is 3.29. The molecule has 0 aliphatic carbocycles. The van der Waals surface area contributed by atoms with Gasteiger partial charge in [0.2, 0.25) is 17.7 Å². The van der Waals surface area contributed by atoms with E-state index in [1.807, 2.05) is 39.0 Å². The molecule has 6 heterocycles. The van der Waals surface area contributed by atoms with Gasteiger partial charge in [0.15, 0.2) is 0 Å². The highest BCUT2D eigenvalue weighted by atomic mass is 16.5. The summed E-state index contributed by atoms with van der Waals surface area (Å²) in [5, 5.41) is 19.8. The van der Waals surface area contributed by atoms with Gasteiger partial charge in [0.1, 0.15) is 23.9 Å². The first-order valence-electron chi connectivity index (χ1n) is 24.3. The molecule has 3 fully saturated rings. The second kappa shape index (κ2) is 20.0. The third kappa shape index (κ3) is 10.1. The molecule has 4 amide bonds. The highest BCUT2D eigenvalue weighted by molar-refractivity contribution is 5.96. The fourth-order valence-corrected chi connectivity index (χ4v) is 10.5. The number of esters is 1. The number of rotatable bonds is 10. The number of phenolic OH excluding ortho intramolecular Hbond substituents is 1. The second-order valence-corrected chi connectivity index (χ2v) is 20.3. The number of phenols is 1. The van der Waals surface area contributed by atoms with E-state index in [1.165, 1.54) is 9.91 Å². The van der Waals surface area contributed by atoms with Crippen molar-refractivity contribution in [2.75, 3.05) is 46.9 Å². The number of cyclic esters (lactones) is 1. The maximum absolute atomic E-state index is 14.8. The van der Waals surface area contributed by atoms with Gasteiger partial charge in [-0.05, 0) is 111 Å². The number of methoxy groups -OCH3 is 1. The van der Waals surface area contributed by atoms with Gasteiger partial charge < -0.3 is 39.6 Å². The number of pyridine rings is 1. The Morgan fingerprint density at radius 2 is 1.81 bits per heavy atom. The monoisotopic (exact) mass is 933 g/mol. The van der Waals surface area contributed by atoms with Crippen molar-refractivity contribution in [1.82, 2.24) is 40.4 Å². The van der Waals surface area contributed by atoms with Gasteiger partial charge in [-0.1, -0.05) is 39.8 Å². The van der Waals surface area contributed by atoms with E-state index in [-0.39, 0.29) is 61.7 Å². The lowest BCUT2D eigenvalue weighted by Crippen LogP contribution is -2.62. The van der Waals surface area contributed by atoms with Crippen LogP contribution in [0.5, 0.6) is 5.75 Å². The smallest absolute Gasteiger partial charge is 0.324 e. The first kappa shape index (κ1) is 48.6. The van der Waals surface area contributed by atoms with Crippen LogP contribution in [0.1, 0.15) is 90.2 Å². The zero-order valence-electron chi connectivity index (χ0n) is 40.8. The van der Waals surface area contributed by atoms with E-state index >= 15 is 0 Å². The number of carbonyl (C=O) groups excluding carboxylic acids is 5. The third-order valence-corrected chi connectivity index (χ3v) is 14.1. The average Bonchev–Trinajstić information content (AvgIpc) is 4.14. The molecule has 2 aromatic carbocycles. The van der Waals surface area contributed by atoms with Gasteiger partial charge >= 0.3 is 5.97 Å². The van der Waals surface area contributed by atoms with E-state index in [2.05, 4.69) is 59.6 Å². The van der Waals surface area contributed by atoms with Crippen molar-refractivity contribution in [3.05, 3.63) is 71.5 Å². The van der Waals surface area contributed by atoms with Crippen LogP contribution in [0.3, 0.4) is 0 Å². The summed E-state index contributed by atoms with van der Waals surface area (Å²) in [6, 6.07) is 12.4. The van der Waals surface area contributed by atoms with Crippen molar-refractivity contribution in [2.45, 2.75) is 117 Å². The molecule has 16 heteroatoms. The standard InChI is InChI=1S/C52H68N8O8/c1-9-59-43-17-16-33-25-38(43)39(46(59)37-14-10-18-53-44(37)31(4)67-8)26-52(5,6)29-68-51(66)40-15-12-20-60(56-40)50(65)41(23-32-21-35(33)24-36(61)22-32)55-47(62)45(30(2)3)57(7)48(63)34-13-11-19-58(28-34)49(64)42-27-54-42/h10,14,16-18,21-22,24-25,30-31,34,40-42,45,54,56,61H,9,11-13,15,19-20,23,26-29H2,1-8H3,(H,55,62)/t31-,34-,40-,41-,42+,45-/m0/s1. The minimum absolute atomic E-state index is 0.00368. The van der Waals surface area contributed by atoms with Crippen LogP contribution in [-0.2, 0) is 52.8 Å². The minimum Gasteiger partial charge on any atom is -0.508 e. The van der Waals surface area contributed by atoms with Crippen LogP contribution in [0.2, 0.25) is 0 Å². The predicted octanol–water partition coefficient (Wildman–Crippen LogP) is 5.15. The molecule has 4 aromatic rings. The van der Waals surface area contributed by atoms with E-state index in [4.69, 9.17) is 14.5 Å². The Kier molecular flexibility index (Phi) is 14.3. The van der Waals surface area contributed by atoms with Gasteiger partial charge in [-0.2, -0.15) is 0 Å². The summed E-state index contributed by atoms with van der Waals surface area (Å²) in [5.74, 6) is -2.51. The zero-order valence-corrected chi connectivity index (χ0v) is 40.8. The fourth-order valence-electron chi connectivity index (χ4n) is 10.5. The Labute approximate surface area is 399 Å². The number of likely N-dealkylation sites (N-methyl/N-ethyl adjacent to an activating group) is 1. The number of aryl methyl sites for hydroxylation is 1. The first-order chi connectivity index (χ1) is 32.5. The van der Waals surface area contributed by atoms with Crippen LogP contribution in [0.15, 0.2) is 54.7 Å². The number of carbonyl (C=O) groups is 5. The number of hydrazine groups is 1. The number of piperidine rings is 1. The summed E-state index contributed by atoms with van der Waals surface area (Å²) < 4.78 is 14.2. The molecule has 0 radical (unpaired) electrons. The number of hydrogen-bond donors (Lipinski definition) is 4. The minimum atomic E-state index is -1.16. The second-order valence-electron chi connectivity index (χ2n) is 20.3. The number of hydrogen-bond acceptors (Lipinski definition) is 11. The van der Waals surface area contributed by atoms with Gasteiger partial charge in [0.25, 0.3) is 5.91 Å². The molecule has 68 heavy (non-hydrogen) atoms. The molecule has 4 N–H and O–H groups in total. The lowest BCUT2D eigenvalue weighted by molar-refractivity contribution is -0.155. The highest BCUT2D eigenvalue weighted by Crippen LogP contribution is 2.42. The number of aromatic hydroxyl groups is 1. The zero-order chi connectivity index (χ0) is 48.6. The topological polar surface area (TPSA) is 198 Å². The molecule has 0 unspecified atom stereocenters. The van der Waals surface area contributed by atoms with Crippen molar-refractivity contribution >= 4 is 40.5 Å². The van der Waals surface area contributed by atoms with Crippen LogP contribution in [0, 0.1) is 17.3 Å². The van der Waals surface area contributed by atoms with Crippen LogP contribution >= 0.6 is 0 Å². The molecular formula is C52H68N8O8. The van der Waals surface area contributed by atoms with E-state index in [0.29, 0.717) is 57.3 Å². The lowest BCUT2D eigenvalue weighted by atomic mass is 9.84. The van der Waals surface area contributed by atoms with Crippen LogP contribution in [0.25, 0.3) is 33.3 Å². The molecule has 364 valence electrons. The van der Waals surface area contributed by atoms with E-state index in [1.54, 1.807) is 37.4 Å². The molecule has 6 bridgehead atoms. The largest absolute Gasteiger partial charge is 0.508 e. The Balaban J connectivity index is 1.18. The number of aromatic nitrogens is 2. The maximum atomic E-state index is 14.8. The van der Waals surface area contributed by atoms with Crippen molar-refractivity contribution in [3.63, 3.8) is 0 Å². The predicted molar refractivity (Wildman–Crippen MR) is 258 cm³/mol. The Hall–Kier alpha value is -5.84. The van der Waals surface area contributed by atoms with Gasteiger partial charge in [-0.3, -0.25) is 34.0 Å².